The highest BCUT2D eigenvalue weighted by molar-refractivity contribution is 5.76. The van der Waals surface area contributed by atoms with Gasteiger partial charge in [-0.2, -0.15) is 10.2 Å². The van der Waals surface area contributed by atoms with Gasteiger partial charge in [-0.1, -0.05) is 5.21 Å². The van der Waals surface area contributed by atoms with E-state index in [-0.39, 0.29) is 12.5 Å². The van der Waals surface area contributed by atoms with Gasteiger partial charge in [-0.3, -0.25) is 4.79 Å². The molecular formula is C14H18N6O2. The monoisotopic (exact) mass is 302 g/mol. The first-order valence-electron chi connectivity index (χ1n) is 7.35. The van der Waals surface area contributed by atoms with Gasteiger partial charge >= 0.3 is 0 Å². The quantitative estimate of drug-likeness (QED) is 0.772. The Morgan fingerprint density at radius 1 is 1.36 bits per heavy atom. The second-order valence-corrected chi connectivity index (χ2v) is 5.57. The standard InChI is InChI=1S/C14H18N6O2/c1-2-3-5-14(16-17-14)6-4-13(22)19-7-8-20-12(9-19)11(10-21)15-18-20/h1,21H,3-10H2. The molecular weight excluding hydrogens is 284 g/mol. The molecule has 0 saturated carbocycles. The summed E-state index contributed by atoms with van der Waals surface area (Å²) in [6, 6.07) is 0. The summed E-state index contributed by atoms with van der Waals surface area (Å²) in [5.74, 6) is 2.64. The highest BCUT2D eigenvalue weighted by Gasteiger charge is 2.39. The second-order valence-electron chi connectivity index (χ2n) is 5.57. The molecule has 3 heterocycles. The number of hydrogen-bond acceptors (Lipinski definition) is 6. The van der Waals surface area contributed by atoms with Gasteiger partial charge in [-0.15, -0.1) is 17.4 Å². The lowest BCUT2D eigenvalue weighted by molar-refractivity contribution is -0.133. The third kappa shape index (κ3) is 2.85. The molecule has 1 amide bonds. The van der Waals surface area contributed by atoms with Crippen LogP contribution < -0.4 is 0 Å². The lowest BCUT2D eigenvalue weighted by Gasteiger charge is -2.28. The Hall–Kier alpha value is -2.27. The molecule has 2 aliphatic heterocycles. The Kier molecular flexibility index (Phi) is 3.90. The molecule has 22 heavy (non-hydrogen) atoms. The third-order valence-corrected chi connectivity index (χ3v) is 4.13. The van der Waals surface area contributed by atoms with Gasteiger partial charge in [0.15, 0.2) is 5.66 Å². The number of aliphatic hydroxyl groups excluding tert-OH is 1. The Balaban J connectivity index is 1.55. The van der Waals surface area contributed by atoms with Crippen molar-refractivity contribution in [1.29, 1.82) is 0 Å². The number of aromatic nitrogens is 3. The van der Waals surface area contributed by atoms with Crippen molar-refractivity contribution in [2.75, 3.05) is 6.54 Å². The summed E-state index contributed by atoms with van der Waals surface area (Å²) in [7, 11) is 0. The van der Waals surface area contributed by atoms with E-state index in [0.717, 1.165) is 5.69 Å². The number of aliphatic hydroxyl groups is 1. The number of nitrogens with zero attached hydrogens (tertiary/aromatic N) is 6. The Labute approximate surface area is 128 Å². The largest absolute Gasteiger partial charge is 0.390 e. The zero-order valence-electron chi connectivity index (χ0n) is 12.3. The van der Waals surface area contributed by atoms with Gasteiger partial charge in [0.1, 0.15) is 5.69 Å². The maximum Gasteiger partial charge on any atom is 0.223 e. The lowest BCUT2D eigenvalue weighted by atomic mass is 10.0. The van der Waals surface area contributed by atoms with Crippen molar-refractivity contribution in [3.8, 4) is 12.3 Å². The number of terminal acetylenes is 1. The van der Waals surface area contributed by atoms with E-state index in [1.807, 2.05) is 0 Å². The average Bonchev–Trinajstić information content (AvgIpc) is 3.20. The molecule has 0 saturated heterocycles. The molecule has 1 aromatic rings. The van der Waals surface area contributed by atoms with Crippen LogP contribution in [0.1, 0.15) is 37.1 Å². The van der Waals surface area contributed by atoms with Crippen LogP contribution in [0.2, 0.25) is 0 Å². The minimum absolute atomic E-state index is 0.0636. The number of fused-ring (bicyclic) bond motifs is 1. The molecule has 1 aromatic heterocycles. The van der Waals surface area contributed by atoms with Gasteiger partial charge in [0, 0.05) is 32.2 Å². The van der Waals surface area contributed by atoms with E-state index in [4.69, 9.17) is 6.42 Å². The lowest BCUT2D eigenvalue weighted by Crippen LogP contribution is -2.39. The van der Waals surface area contributed by atoms with E-state index in [1.54, 1.807) is 9.58 Å². The zero-order chi connectivity index (χ0) is 15.6. The summed E-state index contributed by atoms with van der Waals surface area (Å²) < 4.78 is 1.75. The molecule has 3 rings (SSSR count). The molecule has 8 nitrogen and oxygen atoms in total. The molecule has 116 valence electrons. The van der Waals surface area contributed by atoms with Crippen LogP contribution >= 0.6 is 0 Å². The summed E-state index contributed by atoms with van der Waals surface area (Å²) in [5, 5.41) is 25.2. The zero-order valence-corrected chi connectivity index (χ0v) is 12.3. The first kappa shape index (κ1) is 14.7. The van der Waals surface area contributed by atoms with E-state index in [0.29, 0.717) is 51.0 Å². The summed E-state index contributed by atoms with van der Waals surface area (Å²) in [4.78, 5) is 14.1. The first-order valence-corrected chi connectivity index (χ1v) is 7.35. The Morgan fingerprint density at radius 3 is 2.86 bits per heavy atom. The average molecular weight is 302 g/mol. The number of hydrogen-bond donors (Lipinski definition) is 1. The van der Waals surface area contributed by atoms with Crippen LogP contribution in [0.3, 0.4) is 0 Å². The molecule has 0 fully saturated rings. The predicted molar refractivity (Wildman–Crippen MR) is 76.2 cm³/mol. The van der Waals surface area contributed by atoms with Gasteiger partial charge in [0.05, 0.1) is 25.4 Å². The molecule has 1 N–H and O–H groups in total. The van der Waals surface area contributed by atoms with Gasteiger partial charge in [0.2, 0.25) is 5.91 Å². The van der Waals surface area contributed by atoms with Crippen LogP contribution in [-0.2, 0) is 24.5 Å². The maximum absolute atomic E-state index is 12.4. The molecule has 0 radical (unpaired) electrons. The fourth-order valence-electron chi connectivity index (χ4n) is 2.67. The van der Waals surface area contributed by atoms with Crippen molar-refractivity contribution in [2.45, 2.75) is 51.0 Å². The van der Waals surface area contributed by atoms with Crippen molar-refractivity contribution in [3.05, 3.63) is 11.4 Å². The molecule has 8 heteroatoms. The Bertz CT molecular complexity index is 625. The fourth-order valence-corrected chi connectivity index (χ4v) is 2.67. The van der Waals surface area contributed by atoms with Crippen LogP contribution in [0.25, 0.3) is 0 Å². The number of carbonyl (C=O) groups excluding carboxylic acids is 1. The topological polar surface area (TPSA) is 96.0 Å². The summed E-state index contributed by atoms with van der Waals surface area (Å²) in [6.45, 7) is 1.48. The highest BCUT2D eigenvalue weighted by Crippen LogP contribution is 2.37. The normalized spacial score (nSPS) is 17.9. The van der Waals surface area contributed by atoms with Gasteiger partial charge in [-0.05, 0) is 0 Å². The molecule has 0 bridgehead atoms. The molecule has 0 atom stereocenters. The van der Waals surface area contributed by atoms with Gasteiger partial charge < -0.3 is 10.0 Å². The molecule has 0 aromatic carbocycles. The number of rotatable bonds is 6. The third-order valence-electron chi connectivity index (χ3n) is 4.13. The molecule has 0 unspecified atom stereocenters. The van der Waals surface area contributed by atoms with Crippen LogP contribution in [-0.4, -0.2) is 43.1 Å². The maximum atomic E-state index is 12.4. The Morgan fingerprint density at radius 2 is 2.18 bits per heavy atom. The van der Waals surface area contributed by atoms with E-state index in [1.165, 1.54) is 0 Å². The van der Waals surface area contributed by atoms with Crippen LogP contribution in [0, 0.1) is 12.3 Å². The summed E-state index contributed by atoms with van der Waals surface area (Å²) in [6.07, 6.45) is 7.59. The minimum atomic E-state index is -0.419. The van der Waals surface area contributed by atoms with Crippen molar-refractivity contribution < 1.29 is 9.90 Å². The van der Waals surface area contributed by atoms with Gasteiger partial charge in [-0.25, -0.2) is 4.68 Å². The smallest absolute Gasteiger partial charge is 0.223 e. The van der Waals surface area contributed by atoms with Gasteiger partial charge in [0.25, 0.3) is 0 Å². The fraction of sp³-hybridized carbons (Fsp3) is 0.643. The SMILES string of the molecule is C#CCCC1(CCC(=O)N2CCn3nnc(CO)c3C2)N=N1. The highest BCUT2D eigenvalue weighted by atomic mass is 16.3. The van der Waals surface area contributed by atoms with E-state index < -0.39 is 5.66 Å². The first-order chi connectivity index (χ1) is 10.7. The van der Waals surface area contributed by atoms with Crippen LogP contribution in [0.15, 0.2) is 10.2 Å². The second kappa shape index (κ2) is 5.85. The minimum Gasteiger partial charge on any atom is -0.390 e. The predicted octanol–water partition coefficient (Wildman–Crippen LogP) is 0.468. The van der Waals surface area contributed by atoms with Crippen LogP contribution in [0.5, 0.6) is 0 Å². The molecule has 0 spiro atoms. The number of amides is 1. The van der Waals surface area contributed by atoms with Crippen molar-refractivity contribution in [2.24, 2.45) is 10.2 Å². The summed E-state index contributed by atoms with van der Waals surface area (Å²) >= 11 is 0. The number of carbonyl (C=O) groups is 1. The van der Waals surface area contributed by atoms with E-state index >= 15 is 0 Å². The van der Waals surface area contributed by atoms with Crippen LogP contribution in [0.4, 0.5) is 0 Å². The molecule has 0 aliphatic carbocycles. The van der Waals surface area contributed by atoms with Crippen molar-refractivity contribution in [3.63, 3.8) is 0 Å². The van der Waals surface area contributed by atoms with E-state index in [2.05, 4.69) is 26.5 Å². The summed E-state index contributed by atoms with van der Waals surface area (Å²) in [5.41, 5.74) is 0.928. The molecule has 2 aliphatic rings. The van der Waals surface area contributed by atoms with Crippen molar-refractivity contribution in [1.82, 2.24) is 19.9 Å². The van der Waals surface area contributed by atoms with Crippen molar-refractivity contribution >= 4 is 5.91 Å². The van der Waals surface area contributed by atoms with E-state index in [9.17, 15) is 9.90 Å².